The minimum Gasteiger partial charge on any atom is -0.380 e. The number of hydrogen-bond donors (Lipinski definition) is 1. The van der Waals surface area contributed by atoms with Crippen LogP contribution in [0.3, 0.4) is 0 Å². The van der Waals surface area contributed by atoms with Crippen LogP contribution in [0.1, 0.15) is 17.5 Å². The third-order valence-corrected chi connectivity index (χ3v) is 3.61. The number of fused-ring (bicyclic) bond motifs is 1. The highest BCUT2D eigenvalue weighted by Gasteiger charge is 2.22. The molecule has 1 N–H and O–H groups in total. The Morgan fingerprint density at radius 1 is 1.26 bits per heavy atom. The number of rotatable bonds is 2. The summed E-state index contributed by atoms with van der Waals surface area (Å²) in [5.74, 6) is 0. The lowest BCUT2D eigenvalue weighted by Crippen LogP contribution is -2.09. The van der Waals surface area contributed by atoms with Crippen LogP contribution >= 0.6 is 15.9 Å². The molecule has 6 heteroatoms. The van der Waals surface area contributed by atoms with Gasteiger partial charge in [0.1, 0.15) is 11.8 Å². The van der Waals surface area contributed by atoms with E-state index in [1.807, 2.05) is 30.3 Å². The molecule has 0 saturated heterocycles. The molecule has 1 aromatic carbocycles. The molecule has 3 aromatic rings. The van der Waals surface area contributed by atoms with Crippen LogP contribution in [0, 0.1) is 0 Å². The third kappa shape index (κ3) is 2.02. The molecule has 0 aliphatic heterocycles. The average molecular weight is 319 g/mol. The Hall–Kier alpha value is -1.79. The van der Waals surface area contributed by atoms with E-state index in [2.05, 4.69) is 31.2 Å². The van der Waals surface area contributed by atoms with E-state index in [9.17, 15) is 5.11 Å². The maximum atomic E-state index is 10.5. The fraction of sp³-hybridized carbons (Fsp3) is 0.154. The molecule has 2 aromatic heterocycles. The number of halogens is 1. The van der Waals surface area contributed by atoms with Crippen LogP contribution in [0.5, 0.6) is 0 Å². The normalized spacial score (nSPS) is 12.8. The molecule has 5 nitrogen and oxygen atoms in total. The van der Waals surface area contributed by atoms with Gasteiger partial charge < -0.3 is 5.11 Å². The summed E-state index contributed by atoms with van der Waals surface area (Å²) in [5, 5.41) is 20.3. The molecule has 0 aliphatic carbocycles. The SMILES string of the molecule is Cn1nnc(Br)c1C(O)c1nccc2ccccc12. The van der Waals surface area contributed by atoms with Crippen LogP contribution in [-0.4, -0.2) is 25.1 Å². The van der Waals surface area contributed by atoms with E-state index >= 15 is 0 Å². The van der Waals surface area contributed by atoms with Crippen LogP contribution in [0.25, 0.3) is 10.8 Å². The molecule has 0 aliphatic rings. The van der Waals surface area contributed by atoms with E-state index in [-0.39, 0.29) is 0 Å². The lowest BCUT2D eigenvalue weighted by Gasteiger charge is -2.12. The summed E-state index contributed by atoms with van der Waals surface area (Å²) < 4.78 is 2.07. The summed E-state index contributed by atoms with van der Waals surface area (Å²) in [5.41, 5.74) is 1.19. The van der Waals surface area contributed by atoms with Gasteiger partial charge in [0.05, 0.1) is 5.69 Å². The molecular weight excluding hydrogens is 308 g/mol. The summed E-state index contributed by atoms with van der Waals surface area (Å²) in [6, 6.07) is 9.74. The Morgan fingerprint density at radius 3 is 2.79 bits per heavy atom. The second-order valence-corrected chi connectivity index (χ2v) is 4.96. The number of aliphatic hydroxyl groups excluding tert-OH is 1. The maximum Gasteiger partial charge on any atom is 0.154 e. The van der Waals surface area contributed by atoms with Crippen molar-refractivity contribution >= 4 is 26.7 Å². The number of aromatic nitrogens is 4. The summed E-state index contributed by atoms with van der Waals surface area (Å²) in [4.78, 5) is 4.31. The van der Waals surface area contributed by atoms with E-state index in [1.165, 1.54) is 4.68 Å². The average Bonchev–Trinajstić information content (AvgIpc) is 2.77. The smallest absolute Gasteiger partial charge is 0.154 e. The van der Waals surface area contributed by atoms with Crippen molar-refractivity contribution in [1.29, 1.82) is 0 Å². The van der Waals surface area contributed by atoms with Gasteiger partial charge in [-0.2, -0.15) is 0 Å². The first kappa shape index (κ1) is 12.3. The fourth-order valence-corrected chi connectivity index (χ4v) is 2.66. The number of aliphatic hydroxyl groups is 1. The fourth-order valence-electron chi connectivity index (χ4n) is 2.12. The van der Waals surface area contributed by atoms with Crippen molar-refractivity contribution in [2.45, 2.75) is 6.10 Å². The van der Waals surface area contributed by atoms with Gasteiger partial charge in [-0.3, -0.25) is 4.98 Å². The zero-order chi connectivity index (χ0) is 13.4. The predicted molar refractivity (Wildman–Crippen MR) is 74.5 cm³/mol. The molecule has 19 heavy (non-hydrogen) atoms. The van der Waals surface area contributed by atoms with Crippen molar-refractivity contribution in [2.24, 2.45) is 7.05 Å². The molecule has 3 rings (SSSR count). The van der Waals surface area contributed by atoms with Crippen LogP contribution in [-0.2, 0) is 7.05 Å². The molecule has 0 radical (unpaired) electrons. The van der Waals surface area contributed by atoms with Crippen molar-refractivity contribution in [3.63, 3.8) is 0 Å². The molecule has 0 bridgehead atoms. The first-order valence-electron chi connectivity index (χ1n) is 5.75. The van der Waals surface area contributed by atoms with Crippen LogP contribution in [0.15, 0.2) is 41.1 Å². The van der Waals surface area contributed by atoms with E-state index in [0.717, 1.165) is 10.8 Å². The zero-order valence-electron chi connectivity index (χ0n) is 10.2. The van der Waals surface area contributed by atoms with Gasteiger partial charge in [-0.05, 0) is 27.4 Å². The zero-order valence-corrected chi connectivity index (χ0v) is 11.7. The Kier molecular flexibility index (Phi) is 3.04. The molecule has 0 fully saturated rings. The van der Waals surface area contributed by atoms with Crippen molar-refractivity contribution in [3.05, 3.63) is 52.5 Å². The summed E-state index contributed by atoms with van der Waals surface area (Å²) in [7, 11) is 1.74. The summed E-state index contributed by atoms with van der Waals surface area (Å²) in [6.07, 6.45) is 0.818. The topological polar surface area (TPSA) is 63.8 Å². The van der Waals surface area contributed by atoms with E-state index in [1.54, 1.807) is 13.2 Å². The number of hydrogen-bond acceptors (Lipinski definition) is 4. The van der Waals surface area contributed by atoms with Gasteiger partial charge >= 0.3 is 0 Å². The molecule has 1 atom stereocenters. The maximum absolute atomic E-state index is 10.5. The lowest BCUT2D eigenvalue weighted by molar-refractivity contribution is 0.206. The third-order valence-electron chi connectivity index (χ3n) is 3.05. The highest BCUT2D eigenvalue weighted by atomic mass is 79.9. The Labute approximate surface area is 118 Å². The molecule has 2 heterocycles. The Bertz CT molecular complexity index is 716. The minimum atomic E-state index is -0.875. The number of benzene rings is 1. The highest BCUT2D eigenvalue weighted by Crippen LogP contribution is 2.29. The van der Waals surface area contributed by atoms with Gasteiger partial charge in [0.2, 0.25) is 0 Å². The van der Waals surface area contributed by atoms with Crippen LogP contribution in [0.4, 0.5) is 0 Å². The first-order chi connectivity index (χ1) is 9.18. The van der Waals surface area contributed by atoms with Gasteiger partial charge in [-0.1, -0.05) is 29.5 Å². The van der Waals surface area contributed by atoms with E-state index in [0.29, 0.717) is 16.0 Å². The lowest BCUT2D eigenvalue weighted by atomic mass is 10.1. The van der Waals surface area contributed by atoms with Crippen molar-refractivity contribution in [2.75, 3.05) is 0 Å². The standard InChI is InChI=1S/C13H11BrN4O/c1-18-11(13(14)16-17-18)12(19)10-9-5-3-2-4-8(9)6-7-15-10/h2-7,12,19H,1H3. The van der Waals surface area contributed by atoms with E-state index in [4.69, 9.17) is 0 Å². The van der Waals surface area contributed by atoms with E-state index < -0.39 is 6.10 Å². The number of aryl methyl sites for hydroxylation is 1. The molecule has 1 unspecified atom stereocenters. The van der Waals surface area contributed by atoms with Crippen LogP contribution < -0.4 is 0 Å². The van der Waals surface area contributed by atoms with Gasteiger partial charge in [0.25, 0.3) is 0 Å². The molecule has 0 amide bonds. The monoisotopic (exact) mass is 318 g/mol. The number of pyridine rings is 1. The first-order valence-corrected chi connectivity index (χ1v) is 6.54. The molecule has 0 saturated carbocycles. The highest BCUT2D eigenvalue weighted by molar-refractivity contribution is 9.10. The van der Waals surface area contributed by atoms with Gasteiger partial charge in [-0.15, -0.1) is 5.10 Å². The van der Waals surface area contributed by atoms with Crippen molar-refractivity contribution < 1.29 is 5.11 Å². The largest absolute Gasteiger partial charge is 0.380 e. The van der Waals surface area contributed by atoms with Gasteiger partial charge in [0, 0.05) is 18.6 Å². The summed E-state index contributed by atoms with van der Waals surface area (Å²) in [6.45, 7) is 0. The quantitative estimate of drug-likeness (QED) is 0.786. The molecular formula is C13H11BrN4O. The van der Waals surface area contributed by atoms with Crippen molar-refractivity contribution in [3.8, 4) is 0 Å². The Balaban J connectivity index is 2.20. The molecule has 0 spiro atoms. The second-order valence-electron chi connectivity index (χ2n) is 4.21. The molecule has 96 valence electrons. The van der Waals surface area contributed by atoms with Gasteiger partial charge in [-0.25, -0.2) is 4.68 Å². The predicted octanol–water partition coefficient (Wildman–Crippen LogP) is 2.21. The van der Waals surface area contributed by atoms with Crippen LogP contribution in [0.2, 0.25) is 0 Å². The Morgan fingerprint density at radius 2 is 2.05 bits per heavy atom. The van der Waals surface area contributed by atoms with Gasteiger partial charge in [0.15, 0.2) is 4.60 Å². The summed E-state index contributed by atoms with van der Waals surface area (Å²) >= 11 is 3.30. The van der Waals surface area contributed by atoms with Crippen molar-refractivity contribution in [1.82, 2.24) is 20.0 Å². The number of nitrogens with zero attached hydrogens (tertiary/aromatic N) is 4. The second kappa shape index (κ2) is 4.71. The minimum absolute atomic E-state index is 0.525.